The van der Waals surface area contributed by atoms with Crippen LogP contribution in [0.2, 0.25) is 0 Å². The van der Waals surface area contributed by atoms with Crippen LogP contribution in [0.15, 0.2) is 0 Å². The first kappa shape index (κ1) is 37.2. The maximum absolute atomic E-state index is 12.1. The van der Waals surface area contributed by atoms with Crippen molar-refractivity contribution in [2.75, 3.05) is 13.1 Å². The number of hydrogen-bond donors (Lipinski definition) is 8. The topological polar surface area (TPSA) is 240 Å². The molecule has 41 heavy (non-hydrogen) atoms. The normalized spacial score (nSPS) is 13.3. The molecule has 0 aliphatic carbocycles. The quantitative estimate of drug-likeness (QED) is 0.0853. The van der Waals surface area contributed by atoms with Gasteiger partial charge in [0.25, 0.3) is 0 Å². The lowest BCUT2D eigenvalue weighted by atomic mass is 10.0. The zero-order valence-electron chi connectivity index (χ0n) is 24.2. The minimum atomic E-state index is -1.32. The van der Waals surface area contributed by atoms with Crippen LogP contribution in [0, 0.1) is 0 Å². The Kier molecular flexibility index (Phi) is 17.6. The summed E-state index contributed by atoms with van der Waals surface area (Å²) in [5.74, 6) is -4.59. The van der Waals surface area contributed by atoms with Crippen LogP contribution in [0.25, 0.3) is 0 Å². The summed E-state index contributed by atoms with van der Waals surface area (Å²) in [6.07, 6.45) is 1.16. The Morgan fingerprint density at radius 2 is 1.12 bits per heavy atom. The lowest BCUT2D eigenvalue weighted by Crippen LogP contribution is -2.51. The van der Waals surface area contributed by atoms with Crippen LogP contribution in [0.5, 0.6) is 0 Å². The molecule has 0 aliphatic heterocycles. The molecule has 0 fully saturated rings. The summed E-state index contributed by atoms with van der Waals surface area (Å²) < 4.78 is 0. The largest absolute Gasteiger partial charge is 0.481 e. The monoisotopic (exact) mass is 587 g/mol. The van der Waals surface area contributed by atoms with Crippen molar-refractivity contribution in [3.63, 3.8) is 0 Å². The predicted molar refractivity (Wildman–Crippen MR) is 147 cm³/mol. The summed E-state index contributed by atoms with van der Waals surface area (Å²) in [6.45, 7) is 7.29. The van der Waals surface area contributed by atoms with Crippen LogP contribution in [0.4, 0.5) is 4.79 Å². The first-order valence-electron chi connectivity index (χ1n) is 13.6. The molecule has 0 bridgehead atoms. The van der Waals surface area contributed by atoms with E-state index in [0.29, 0.717) is 25.8 Å². The van der Waals surface area contributed by atoms with Gasteiger partial charge in [0.05, 0.1) is 6.04 Å². The second-order valence-electron chi connectivity index (χ2n) is 10.7. The second kappa shape index (κ2) is 19.3. The van der Waals surface area contributed by atoms with Gasteiger partial charge in [-0.2, -0.15) is 0 Å². The minimum absolute atomic E-state index is 0.0304. The van der Waals surface area contributed by atoms with Gasteiger partial charge in [-0.15, -0.1) is 0 Å². The van der Waals surface area contributed by atoms with E-state index < -0.39 is 53.8 Å². The van der Waals surface area contributed by atoms with E-state index >= 15 is 0 Å². The molecule has 0 heterocycles. The first-order valence-corrected chi connectivity index (χ1v) is 13.6. The molecule has 15 heteroatoms. The number of rotatable bonds is 21. The highest BCUT2D eigenvalue weighted by atomic mass is 16.4. The molecular weight excluding hydrogens is 542 g/mol. The molecule has 0 aromatic carbocycles. The van der Waals surface area contributed by atoms with Crippen LogP contribution in [-0.4, -0.2) is 93.6 Å². The predicted octanol–water partition coefficient (Wildman–Crippen LogP) is 0.366. The van der Waals surface area contributed by atoms with Crippen molar-refractivity contribution in [1.29, 1.82) is 0 Å². The van der Waals surface area contributed by atoms with Crippen LogP contribution < -0.4 is 26.6 Å². The van der Waals surface area contributed by atoms with Gasteiger partial charge in [-0.05, 0) is 66.2 Å². The number of hydrogen-bond acceptors (Lipinski definition) is 8. The van der Waals surface area contributed by atoms with Gasteiger partial charge in [0.1, 0.15) is 12.1 Å². The van der Waals surface area contributed by atoms with Gasteiger partial charge in [-0.3, -0.25) is 29.3 Å². The molecule has 0 spiro atoms. The number of ketones is 1. The minimum Gasteiger partial charge on any atom is -0.481 e. The number of carbonyl (C=O) groups is 7. The third-order valence-corrected chi connectivity index (χ3v) is 5.76. The smallest absolute Gasteiger partial charge is 0.326 e. The van der Waals surface area contributed by atoms with E-state index in [-0.39, 0.29) is 56.5 Å². The maximum Gasteiger partial charge on any atom is 0.326 e. The van der Waals surface area contributed by atoms with Gasteiger partial charge in [-0.1, -0.05) is 0 Å². The molecule has 0 saturated carbocycles. The molecule has 15 nitrogen and oxygen atoms in total. The van der Waals surface area contributed by atoms with Crippen LogP contribution in [-0.2, 0) is 28.8 Å². The van der Waals surface area contributed by atoms with Gasteiger partial charge >= 0.3 is 23.9 Å². The van der Waals surface area contributed by atoms with E-state index in [2.05, 4.69) is 26.6 Å². The van der Waals surface area contributed by atoms with Crippen LogP contribution in [0.1, 0.15) is 85.5 Å². The van der Waals surface area contributed by atoms with Gasteiger partial charge in [-0.25, -0.2) is 9.59 Å². The van der Waals surface area contributed by atoms with E-state index in [0.717, 1.165) is 0 Å². The Balaban J connectivity index is 4.25. The van der Waals surface area contributed by atoms with Gasteiger partial charge in [0.15, 0.2) is 5.78 Å². The van der Waals surface area contributed by atoms with Crippen molar-refractivity contribution < 1.29 is 48.9 Å². The van der Waals surface area contributed by atoms with Crippen LogP contribution >= 0.6 is 0 Å². The molecule has 0 radical (unpaired) electrons. The first-order chi connectivity index (χ1) is 19.0. The highest BCUT2D eigenvalue weighted by molar-refractivity contribution is 5.89. The zero-order chi connectivity index (χ0) is 31.6. The average molecular weight is 588 g/mol. The summed E-state index contributed by atoms with van der Waals surface area (Å²) in [6, 6.07) is -3.99. The number of carboxylic acids is 3. The molecule has 234 valence electrons. The zero-order valence-corrected chi connectivity index (χ0v) is 24.2. The van der Waals surface area contributed by atoms with Crippen molar-refractivity contribution >= 4 is 41.5 Å². The van der Waals surface area contributed by atoms with E-state index in [9.17, 15) is 43.8 Å². The summed E-state index contributed by atoms with van der Waals surface area (Å²) in [4.78, 5) is 81.2. The van der Waals surface area contributed by atoms with E-state index in [4.69, 9.17) is 5.11 Å². The molecule has 0 saturated heterocycles. The fourth-order valence-corrected chi connectivity index (χ4v) is 3.68. The van der Waals surface area contributed by atoms with Crippen molar-refractivity contribution in [2.45, 2.75) is 109 Å². The van der Waals surface area contributed by atoms with Crippen LogP contribution in [0.3, 0.4) is 0 Å². The molecule has 8 N–H and O–H groups in total. The molecule has 4 amide bonds. The Morgan fingerprint density at radius 1 is 0.634 bits per heavy atom. The maximum atomic E-state index is 12.1. The van der Waals surface area contributed by atoms with Crippen molar-refractivity contribution in [2.24, 2.45) is 0 Å². The summed E-state index contributed by atoms with van der Waals surface area (Å²) in [7, 11) is 0. The molecule has 3 atom stereocenters. The highest BCUT2D eigenvalue weighted by Gasteiger charge is 2.24. The van der Waals surface area contributed by atoms with E-state index in [1.807, 2.05) is 20.8 Å². The third-order valence-electron chi connectivity index (χ3n) is 5.76. The fourth-order valence-electron chi connectivity index (χ4n) is 3.68. The van der Waals surface area contributed by atoms with Gasteiger partial charge in [0.2, 0.25) is 11.8 Å². The van der Waals surface area contributed by atoms with Crippen molar-refractivity contribution in [3.8, 4) is 0 Å². The van der Waals surface area contributed by atoms with E-state index in [1.165, 1.54) is 6.92 Å². The SMILES string of the molecule is CC(=O)[C@H](CCC(=O)O)NC(=O)N[C@@H](CCCNC(=O)CCC(=O)NCCCC[C@@H](NC(C)(C)C)C(=O)O)C(=O)O. The van der Waals surface area contributed by atoms with E-state index in [1.54, 1.807) is 0 Å². The molecule has 0 rings (SSSR count). The number of carbonyl (C=O) groups excluding carboxylic acids is 4. The number of Topliss-reactive ketones (excluding diaryl/α,β-unsaturated/α-hetero) is 1. The number of unbranched alkanes of at least 4 members (excludes halogenated alkanes) is 1. The Morgan fingerprint density at radius 3 is 1.59 bits per heavy atom. The van der Waals surface area contributed by atoms with Crippen molar-refractivity contribution in [1.82, 2.24) is 26.6 Å². The van der Waals surface area contributed by atoms with Gasteiger partial charge < -0.3 is 36.6 Å². The van der Waals surface area contributed by atoms with Gasteiger partial charge in [0, 0.05) is 37.9 Å². The number of amides is 4. The average Bonchev–Trinajstić information content (AvgIpc) is 2.84. The molecule has 0 aromatic heterocycles. The summed E-state index contributed by atoms with van der Waals surface area (Å²) in [5, 5.41) is 40.2. The lowest BCUT2D eigenvalue weighted by molar-refractivity contribution is -0.140. The Labute approximate surface area is 239 Å². The number of aliphatic carboxylic acids is 3. The second-order valence-corrected chi connectivity index (χ2v) is 10.7. The molecule has 0 aliphatic rings. The summed E-state index contributed by atoms with van der Waals surface area (Å²) >= 11 is 0. The third kappa shape index (κ3) is 19.9. The Bertz CT molecular complexity index is 919. The lowest BCUT2D eigenvalue weighted by Gasteiger charge is -2.26. The van der Waals surface area contributed by atoms with Crippen molar-refractivity contribution in [3.05, 3.63) is 0 Å². The molecule has 0 aromatic rings. The standard InChI is InChI=1S/C26H45N5O10/c1-16(32)17(10-13-22(35)36)29-25(41)30-18(23(37)38)9-7-15-28-21(34)12-11-20(33)27-14-6-5-8-19(24(39)40)31-26(2,3)4/h17-19,31H,5-15H2,1-4H3,(H,27,33)(H,28,34)(H,35,36)(H,37,38)(H,39,40)(H2,29,30,41)/t17-,18-,19+/m0/s1. The summed E-state index contributed by atoms with van der Waals surface area (Å²) in [5.41, 5.74) is -0.337. The Hall–Kier alpha value is -3.75. The fraction of sp³-hybridized carbons (Fsp3) is 0.731. The molecule has 0 unspecified atom stereocenters. The number of carboxylic acid groups (broad SMARTS) is 3. The number of nitrogens with one attached hydrogen (secondary N) is 5. The molecular formula is C26H45N5O10. The highest BCUT2D eigenvalue weighted by Crippen LogP contribution is 2.08. The number of urea groups is 1.